The topological polar surface area (TPSA) is 76.1 Å². The van der Waals surface area contributed by atoms with Gasteiger partial charge in [-0.25, -0.2) is 9.59 Å². The number of carboxylic acids is 1. The number of hydrogen-bond acceptors (Lipinski definition) is 4. The van der Waals surface area contributed by atoms with E-state index in [0.29, 0.717) is 38.5 Å². The minimum Gasteiger partial charge on any atom is -0.479 e. The maximum absolute atomic E-state index is 12.0. The maximum Gasteiger partial charge on any atom is 0.410 e. The van der Waals surface area contributed by atoms with Crippen LogP contribution in [0.2, 0.25) is 0 Å². The Labute approximate surface area is 131 Å². The molecule has 6 nitrogen and oxygen atoms in total. The first kappa shape index (κ1) is 17.1. The quantitative estimate of drug-likeness (QED) is 0.863. The van der Waals surface area contributed by atoms with Crippen LogP contribution < -0.4 is 0 Å². The summed E-state index contributed by atoms with van der Waals surface area (Å²) in [6, 6.07) is 0. The summed E-state index contributed by atoms with van der Waals surface area (Å²) in [6.07, 6.45) is 3.53. The maximum atomic E-state index is 12.0. The SMILES string of the molecule is CC(C)(C)OC(=O)N1CCC(COC2(C(=O)O)CCC2)CC1. The number of ether oxygens (including phenoxy) is 2. The lowest BCUT2D eigenvalue weighted by Gasteiger charge is -2.39. The van der Waals surface area contributed by atoms with E-state index in [1.54, 1.807) is 4.90 Å². The first-order valence-corrected chi connectivity index (χ1v) is 8.07. The van der Waals surface area contributed by atoms with Gasteiger partial charge in [0.15, 0.2) is 5.60 Å². The predicted molar refractivity (Wildman–Crippen MR) is 80.7 cm³/mol. The molecule has 2 aliphatic rings. The van der Waals surface area contributed by atoms with Gasteiger partial charge in [-0.3, -0.25) is 0 Å². The van der Waals surface area contributed by atoms with Crippen LogP contribution in [0.5, 0.6) is 0 Å². The molecule has 0 bridgehead atoms. The summed E-state index contributed by atoms with van der Waals surface area (Å²) in [4.78, 5) is 25.0. The molecule has 0 radical (unpaired) electrons. The fourth-order valence-electron chi connectivity index (χ4n) is 2.80. The largest absolute Gasteiger partial charge is 0.479 e. The lowest BCUT2D eigenvalue weighted by Crippen LogP contribution is -2.49. The summed E-state index contributed by atoms with van der Waals surface area (Å²) in [5.41, 5.74) is -1.42. The number of carbonyl (C=O) groups excluding carboxylic acids is 1. The molecule has 0 unspecified atom stereocenters. The zero-order valence-corrected chi connectivity index (χ0v) is 13.8. The van der Waals surface area contributed by atoms with Crippen LogP contribution in [0, 0.1) is 5.92 Å². The normalized spacial score (nSPS) is 22.0. The van der Waals surface area contributed by atoms with Crippen molar-refractivity contribution < 1.29 is 24.2 Å². The van der Waals surface area contributed by atoms with E-state index in [2.05, 4.69) is 0 Å². The third-order valence-corrected chi connectivity index (χ3v) is 4.41. The number of hydrogen-bond donors (Lipinski definition) is 1. The van der Waals surface area contributed by atoms with Gasteiger partial charge in [-0.05, 0) is 58.8 Å². The average Bonchev–Trinajstić information content (AvgIpc) is 2.35. The van der Waals surface area contributed by atoms with E-state index in [1.165, 1.54) is 0 Å². The van der Waals surface area contributed by atoms with Gasteiger partial charge in [0.25, 0.3) is 0 Å². The van der Waals surface area contributed by atoms with Gasteiger partial charge < -0.3 is 19.5 Å². The minimum absolute atomic E-state index is 0.270. The third-order valence-electron chi connectivity index (χ3n) is 4.41. The number of piperidine rings is 1. The molecule has 2 rings (SSSR count). The van der Waals surface area contributed by atoms with Crippen LogP contribution in [-0.2, 0) is 14.3 Å². The Balaban J connectivity index is 1.73. The van der Waals surface area contributed by atoms with E-state index < -0.39 is 17.2 Å². The summed E-state index contributed by atoms with van der Waals surface area (Å²) in [7, 11) is 0. The molecule has 1 heterocycles. The molecule has 2 fully saturated rings. The summed E-state index contributed by atoms with van der Waals surface area (Å²) in [6.45, 7) is 7.32. The van der Waals surface area contributed by atoms with E-state index in [-0.39, 0.29) is 6.09 Å². The minimum atomic E-state index is -0.942. The second kappa shape index (κ2) is 6.44. The number of nitrogens with zero attached hydrogens (tertiary/aromatic N) is 1. The second-order valence-electron chi connectivity index (χ2n) is 7.37. The second-order valence-corrected chi connectivity index (χ2v) is 7.37. The van der Waals surface area contributed by atoms with Crippen LogP contribution in [0.1, 0.15) is 52.9 Å². The van der Waals surface area contributed by atoms with Crippen molar-refractivity contribution in [3.05, 3.63) is 0 Å². The fraction of sp³-hybridized carbons (Fsp3) is 0.875. The molecule has 0 aromatic carbocycles. The van der Waals surface area contributed by atoms with Gasteiger partial charge >= 0.3 is 12.1 Å². The highest BCUT2D eigenvalue weighted by molar-refractivity contribution is 5.78. The molecule has 1 saturated heterocycles. The fourth-order valence-corrected chi connectivity index (χ4v) is 2.80. The Kier molecular flexibility index (Phi) is 5.00. The molecule has 1 amide bonds. The van der Waals surface area contributed by atoms with Crippen molar-refractivity contribution in [2.45, 2.75) is 64.1 Å². The number of likely N-dealkylation sites (tertiary alicyclic amines) is 1. The van der Waals surface area contributed by atoms with E-state index in [9.17, 15) is 14.7 Å². The van der Waals surface area contributed by atoms with Crippen LogP contribution in [-0.4, -0.2) is 53.0 Å². The molecule has 0 atom stereocenters. The van der Waals surface area contributed by atoms with Gasteiger partial charge in [-0.2, -0.15) is 0 Å². The third kappa shape index (κ3) is 4.12. The first-order chi connectivity index (χ1) is 10.2. The van der Waals surface area contributed by atoms with Crippen LogP contribution in [0.4, 0.5) is 4.79 Å². The summed E-state index contributed by atoms with van der Waals surface area (Å²) >= 11 is 0. The zero-order chi connectivity index (χ0) is 16.4. The summed E-state index contributed by atoms with van der Waals surface area (Å²) < 4.78 is 11.1. The van der Waals surface area contributed by atoms with Crippen molar-refractivity contribution >= 4 is 12.1 Å². The molecule has 1 N–H and O–H groups in total. The Bertz CT molecular complexity index is 417. The van der Waals surface area contributed by atoms with Crippen molar-refractivity contribution in [3.63, 3.8) is 0 Å². The monoisotopic (exact) mass is 313 g/mol. The van der Waals surface area contributed by atoms with Crippen molar-refractivity contribution in [3.8, 4) is 0 Å². The zero-order valence-electron chi connectivity index (χ0n) is 13.8. The molecule has 126 valence electrons. The van der Waals surface area contributed by atoms with Gasteiger partial charge in [0, 0.05) is 13.1 Å². The van der Waals surface area contributed by atoms with E-state index in [1.807, 2.05) is 20.8 Å². The van der Waals surface area contributed by atoms with Crippen LogP contribution in [0.15, 0.2) is 0 Å². The van der Waals surface area contributed by atoms with E-state index >= 15 is 0 Å². The Morgan fingerprint density at radius 3 is 2.23 bits per heavy atom. The first-order valence-electron chi connectivity index (χ1n) is 8.07. The van der Waals surface area contributed by atoms with Crippen molar-refractivity contribution in [2.24, 2.45) is 5.92 Å². The highest BCUT2D eigenvalue weighted by Crippen LogP contribution is 2.36. The van der Waals surface area contributed by atoms with Gasteiger partial charge in [0.1, 0.15) is 5.60 Å². The molecule has 6 heteroatoms. The molecular weight excluding hydrogens is 286 g/mol. The van der Waals surface area contributed by atoms with Gasteiger partial charge in [0.05, 0.1) is 6.61 Å². The van der Waals surface area contributed by atoms with Crippen molar-refractivity contribution in [1.29, 1.82) is 0 Å². The summed E-state index contributed by atoms with van der Waals surface area (Å²) in [5.74, 6) is -0.527. The number of carboxylic acid groups (broad SMARTS) is 1. The predicted octanol–water partition coefficient (Wildman–Crippen LogP) is 2.66. The molecule has 0 aromatic rings. The molecule has 1 aliphatic carbocycles. The van der Waals surface area contributed by atoms with Gasteiger partial charge in [0.2, 0.25) is 0 Å². The molecule has 0 aromatic heterocycles. The number of aliphatic carboxylic acids is 1. The smallest absolute Gasteiger partial charge is 0.410 e. The lowest BCUT2D eigenvalue weighted by molar-refractivity contribution is -0.181. The van der Waals surface area contributed by atoms with E-state index in [4.69, 9.17) is 9.47 Å². The number of carbonyl (C=O) groups is 2. The van der Waals surface area contributed by atoms with Crippen LogP contribution in [0.25, 0.3) is 0 Å². The highest BCUT2D eigenvalue weighted by Gasteiger charge is 2.46. The van der Waals surface area contributed by atoms with Crippen LogP contribution >= 0.6 is 0 Å². The summed E-state index contributed by atoms with van der Waals surface area (Å²) in [5, 5.41) is 9.24. The molecular formula is C16H27NO5. The molecule has 1 aliphatic heterocycles. The molecule has 0 spiro atoms. The van der Waals surface area contributed by atoms with Crippen molar-refractivity contribution in [2.75, 3.05) is 19.7 Å². The number of rotatable bonds is 4. The van der Waals surface area contributed by atoms with Gasteiger partial charge in [-0.1, -0.05) is 0 Å². The highest BCUT2D eigenvalue weighted by atomic mass is 16.6. The van der Waals surface area contributed by atoms with E-state index in [0.717, 1.165) is 19.3 Å². The van der Waals surface area contributed by atoms with Crippen LogP contribution in [0.3, 0.4) is 0 Å². The Morgan fingerprint density at radius 2 is 1.82 bits per heavy atom. The number of amides is 1. The molecule has 22 heavy (non-hydrogen) atoms. The van der Waals surface area contributed by atoms with Crippen molar-refractivity contribution in [1.82, 2.24) is 4.90 Å². The average molecular weight is 313 g/mol. The Morgan fingerprint density at radius 1 is 1.23 bits per heavy atom. The Hall–Kier alpha value is -1.30. The van der Waals surface area contributed by atoms with Gasteiger partial charge in [-0.15, -0.1) is 0 Å². The molecule has 1 saturated carbocycles. The lowest BCUT2D eigenvalue weighted by atomic mass is 9.80. The standard InChI is InChI=1S/C16H27NO5/c1-15(2,3)22-14(20)17-9-5-12(6-10-17)11-21-16(13(18)19)7-4-8-16/h12H,4-11H2,1-3H3,(H,18,19).